The quantitative estimate of drug-likeness (QED) is 0.683. The van der Waals surface area contributed by atoms with Gasteiger partial charge in [-0.2, -0.15) is 5.10 Å². The average molecular weight is 356 g/mol. The van der Waals surface area contributed by atoms with E-state index >= 15 is 0 Å². The van der Waals surface area contributed by atoms with Crippen LogP contribution in [0.2, 0.25) is 0 Å². The van der Waals surface area contributed by atoms with Gasteiger partial charge in [-0.15, -0.1) is 0 Å². The SMILES string of the molecule is Cc1cccc2c1NCCC2(C)C=O.Cn1nc2c(c1N)C(O)CCC2. The number of rotatable bonds is 1. The summed E-state index contributed by atoms with van der Waals surface area (Å²) in [6.45, 7) is 4.97. The molecule has 26 heavy (non-hydrogen) atoms. The Labute approximate surface area is 154 Å². The lowest BCUT2D eigenvalue weighted by atomic mass is 9.77. The monoisotopic (exact) mass is 356 g/mol. The third-order valence-corrected chi connectivity index (χ3v) is 5.52. The molecule has 0 saturated heterocycles. The number of hydrogen-bond donors (Lipinski definition) is 3. The zero-order chi connectivity index (χ0) is 18.9. The first-order valence-electron chi connectivity index (χ1n) is 9.17. The number of hydrogen-bond acceptors (Lipinski definition) is 5. The van der Waals surface area contributed by atoms with E-state index in [9.17, 15) is 9.90 Å². The topological polar surface area (TPSA) is 93.2 Å². The maximum atomic E-state index is 11.1. The molecule has 0 saturated carbocycles. The van der Waals surface area contributed by atoms with Crippen LogP contribution in [0.5, 0.6) is 0 Å². The van der Waals surface area contributed by atoms with Crippen molar-refractivity contribution in [2.24, 2.45) is 7.05 Å². The molecule has 2 unspecified atom stereocenters. The van der Waals surface area contributed by atoms with Crippen molar-refractivity contribution in [2.75, 3.05) is 17.6 Å². The fraction of sp³-hybridized carbons (Fsp3) is 0.500. The summed E-state index contributed by atoms with van der Waals surface area (Å²) in [5.74, 6) is 0.609. The second-order valence-corrected chi connectivity index (χ2v) is 7.49. The minimum absolute atomic E-state index is 0.299. The highest BCUT2D eigenvalue weighted by Crippen LogP contribution is 2.37. The summed E-state index contributed by atoms with van der Waals surface area (Å²) >= 11 is 0. The van der Waals surface area contributed by atoms with Gasteiger partial charge in [0.1, 0.15) is 12.1 Å². The maximum Gasteiger partial charge on any atom is 0.130 e. The normalized spacial score (nSPS) is 23.8. The molecule has 1 aliphatic heterocycles. The number of aryl methyl sites for hydroxylation is 3. The highest BCUT2D eigenvalue weighted by Gasteiger charge is 2.32. The van der Waals surface area contributed by atoms with Crippen LogP contribution in [0, 0.1) is 6.92 Å². The first kappa shape index (κ1) is 18.5. The Morgan fingerprint density at radius 1 is 1.46 bits per heavy atom. The fourth-order valence-corrected chi connectivity index (χ4v) is 3.85. The molecule has 2 aromatic rings. The Morgan fingerprint density at radius 2 is 2.23 bits per heavy atom. The van der Waals surface area contributed by atoms with Crippen LogP contribution in [0.4, 0.5) is 11.5 Å². The van der Waals surface area contributed by atoms with Gasteiger partial charge in [0.25, 0.3) is 0 Å². The molecular formula is C20H28N4O2. The molecule has 140 valence electrons. The molecular weight excluding hydrogens is 328 g/mol. The molecule has 0 amide bonds. The molecule has 0 spiro atoms. The van der Waals surface area contributed by atoms with Crippen LogP contribution in [0.1, 0.15) is 54.7 Å². The number of benzene rings is 1. The molecule has 4 rings (SSSR count). The van der Waals surface area contributed by atoms with Crippen molar-refractivity contribution < 1.29 is 9.90 Å². The van der Waals surface area contributed by atoms with Crippen LogP contribution in [0.25, 0.3) is 0 Å². The average Bonchev–Trinajstić information content (AvgIpc) is 2.92. The summed E-state index contributed by atoms with van der Waals surface area (Å²) < 4.78 is 1.64. The van der Waals surface area contributed by atoms with E-state index in [1.54, 1.807) is 11.7 Å². The Hall–Kier alpha value is -2.34. The number of para-hydroxylation sites is 1. The number of carbonyl (C=O) groups excluding carboxylic acids is 1. The van der Waals surface area contributed by atoms with E-state index in [1.807, 2.05) is 19.1 Å². The minimum Gasteiger partial charge on any atom is -0.388 e. The van der Waals surface area contributed by atoms with E-state index in [1.165, 1.54) is 5.56 Å². The van der Waals surface area contributed by atoms with Gasteiger partial charge in [-0.05, 0) is 50.7 Å². The Morgan fingerprint density at radius 3 is 2.92 bits per heavy atom. The second kappa shape index (κ2) is 7.11. The number of aromatic nitrogens is 2. The van der Waals surface area contributed by atoms with Crippen molar-refractivity contribution in [3.8, 4) is 0 Å². The largest absolute Gasteiger partial charge is 0.388 e. The van der Waals surface area contributed by atoms with E-state index in [4.69, 9.17) is 5.73 Å². The smallest absolute Gasteiger partial charge is 0.130 e. The molecule has 4 N–H and O–H groups in total. The molecule has 6 nitrogen and oxygen atoms in total. The molecule has 1 aromatic heterocycles. The van der Waals surface area contributed by atoms with Crippen LogP contribution in [-0.2, 0) is 23.7 Å². The number of nitrogens with two attached hydrogens (primary N) is 1. The first-order chi connectivity index (χ1) is 12.4. The predicted molar refractivity (Wildman–Crippen MR) is 103 cm³/mol. The lowest BCUT2D eigenvalue weighted by Crippen LogP contribution is -2.32. The summed E-state index contributed by atoms with van der Waals surface area (Å²) in [7, 11) is 1.81. The molecule has 0 bridgehead atoms. The van der Waals surface area contributed by atoms with Gasteiger partial charge in [-0.3, -0.25) is 4.68 Å². The molecule has 2 atom stereocenters. The fourth-order valence-electron chi connectivity index (χ4n) is 3.85. The number of nitrogens with zero attached hydrogens (tertiary/aromatic N) is 2. The van der Waals surface area contributed by atoms with E-state index < -0.39 is 6.10 Å². The minimum atomic E-state index is -0.401. The molecule has 1 aromatic carbocycles. The highest BCUT2D eigenvalue weighted by atomic mass is 16.3. The summed E-state index contributed by atoms with van der Waals surface area (Å²) in [4.78, 5) is 11.1. The van der Waals surface area contributed by atoms with Crippen molar-refractivity contribution in [1.82, 2.24) is 9.78 Å². The van der Waals surface area contributed by atoms with Crippen LogP contribution in [0.3, 0.4) is 0 Å². The van der Waals surface area contributed by atoms with Gasteiger partial charge in [0, 0.05) is 24.8 Å². The third-order valence-electron chi connectivity index (χ3n) is 5.52. The third kappa shape index (κ3) is 3.21. The highest BCUT2D eigenvalue weighted by molar-refractivity contribution is 5.76. The van der Waals surface area contributed by atoms with E-state index in [0.717, 1.165) is 61.0 Å². The second-order valence-electron chi connectivity index (χ2n) is 7.49. The van der Waals surface area contributed by atoms with E-state index in [2.05, 4.69) is 23.4 Å². The van der Waals surface area contributed by atoms with Crippen molar-refractivity contribution in [3.63, 3.8) is 0 Å². The molecule has 6 heteroatoms. The molecule has 1 aliphatic carbocycles. The van der Waals surface area contributed by atoms with E-state index in [0.29, 0.717) is 5.82 Å². The zero-order valence-corrected chi connectivity index (χ0v) is 15.7. The number of nitrogen functional groups attached to an aromatic ring is 1. The summed E-state index contributed by atoms with van der Waals surface area (Å²) in [5.41, 5.74) is 10.8. The van der Waals surface area contributed by atoms with Gasteiger partial charge >= 0.3 is 0 Å². The van der Waals surface area contributed by atoms with Gasteiger partial charge in [0.05, 0.1) is 17.2 Å². The molecule has 0 radical (unpaired) electrons. The zero-order valence-electron chi connectivity index (χ0n) is 15.7. The van der Waals surface area contributed by atoms with Crippen molar-refractivity contribution >= 4 is 17.8 Å². The number of nitrogens with one attached hydrogen (secondary N) is 1. The summed E-state index contributed by atoms with van der Waals surface area (Å²) in [6.07, 6.45) is 4.31. The Kier molecular flexibility index (Phi) is 5.05. The number of fused-ring (bicyclic) bond motifs is 2. The van der Waals surface area contributed by atoms with Crippen LogP contribution in [-0.4, -0.2) is 27.7 Å². The maximum absolute atomic E-state index is 11.1. The van der Waals surface area contributed by atoms with Crippen molar-refractivity contribution in [2.45, 2.75) is 51.0 Å². The van der Waals surface area contributed by atoms with Crippen molar-refractivity contribution in [3.05, 3.63) is 40.6 Å². The van der Waals surface area contributed by atoms with Gasteiger partial charge in [0.15, 0.2) is 0 Å². The van der Waals surface area contributed by atoms with Gasteiger partial charge < -0.3 is 21.0 Å². The first-order valence-corrected chi connectivity index (χ1v) is 9.17. The van der Waals surface area contributed by atoms with Gasteiger partial charge in [0.2, 0.25) is 0 Å². The number of aldehydes is 1. The van der Waals surface area contributed by atoms with Gasteiger partial charge in [-0.1, -0.05) is 18.2 Å². The number of carbonyl (C=O) groups is 1. The summed E-state index contributed by atoms with van der Waals surface area (Å²) in [6, 6.07) is 6.13. The predicted octanol–water partition coefficient (Wildman–Crippen LogP) is 2.64. The summed E-state index contributed by atoms with van der Waals surface area (Å²) in [5, 5.41) is 17.2. The standard InChI is InChI=1S/C12H15NO.C8H13N3O/c1-9-4-3-5-10-11(9)13-7-6-12(10,2)8-14;1-11-8(9)7-5(10-11)3-2-4-6(7)12/h3-5,8,13H,6-7H2,1-2H3;6,12H,2-4,9H2,1H3. The van der Waals surface area contributed by atoms with Crippen LogP contribution >= 0.6 is 0 Å². The molecule has 2 heterocycles. The van der Waals surface area contributed by atoms with Crippen molar-refractivity contribution in [1.29, 1.82) is 0 Å². The number of aliphatic hydroxyl groups excluding tert-OH is 1. The molecule has 0 fully saturated rings. The molecule has 2 aliphatic rings. The van der Waals surface area contributed by atoms with Gasteiger partial charge in [-0.25, -0.2) is 0 Å². The Bertz CT molecular complexity index is 814. The number of anilines is 2. The number of aliphatic hydroxyl groups is 1. The lowest BCUT2D eigenvalue weighted by Gasteiger charge is -2.32. The lowest BCUT2D eigenvalue weighted by molar-refractivity contribution is -0.112. The van der Waals surface area contributed by atoms with E-state index in [-0.39, 0.29) is 5.41 Å². The Balaban J connectivity index is 0.000000152. The van der Waals surface area contributed by atoms with Crippen LogP contribution < -0.4 is 11.1 Å². The van der Waals surface area contributed by atoms with Crippen LogP contribution in [0.15, 0.2) is 18.2 Å².